The molecule has 2 atom stereocenters. The molecule has 2 nitrogen and oxygen atoms in total. The maximum atomic E-state index is 6.02. The van der Waals surface area contributed by atoms with Crippen LogP contribution in [0, 0.1) is 5.41 Å². The first kappa shape index (κ1) is 12.6. The van der Waals surface area contributed by atoms with Gasteiger partial charge in [-0.25, -0.2) is 0 Å². The molecule has 0 amide bonds. The molecule has 0 aliphatic carbocycles. The lowest BCUT2D eigenvalue weighted by Gasteiger charge is -2.39. The van der Waals surface area contributed by atoms with E-state index in [1.54, 1.807) is 0 Å². The monoisotopic (exact) mass is 233 g/mol. The Kier molecular flexibility index (Phi) is 3.55. The van der Waals surface area contributed by atoms with E-state index in [1.807, 2.05) is 7.05 Å². The van der Waals surface area contributed by atoms with Gasteiger partial charge in [-0.05, 0) is 30.0 Å². The van der Waals surface area contributed by atoms with Crippen LogP contribution in [0.4, 0.5) is 0 Å². The fraction of sp³-hybridized carbons (Fsp3) is 0.600. The number of ether oxygens (including phenoxy) is 1. The van der Waals surface area contributed by atoms with Crippen molar-refractivity contribution >= 4 is 0 Å². The van der Waals surface area contributed by atoms with Crippen LogP contribution in [-0.4, -0.2) is 19.7 Å². The zero-order chi connectivity index (χ0) is 12.5. The van der Waals surface area contributed by atoms with Gasteiger partial charge in [0.05, 0.1) is 12.7 Å². The van der Waals surface area contributed by atoms with Gasteiger partial charge in [0.1, 0.15) is 0 Å². The number of nitrogens with one attached hydrogen (secondary N) is 1. The molecule has 0 saturated carbocycles. The quantitative estimate of drug-likeness (QED) is 0.848. The van der Waals surface area contributed by atoms with E-state index in [-0.39, 0.29) is 11.5 Å². The van der Waals surface area contributed by atoms with Crippen LogP contribution in [0.2, 0.25) is 0 Å². The van der Waals surface area contributed by atoms with Gasteiger partial charge in [-0.2, -0.15) is 0 Å². The number of hydrogen-bond donors (Lipinski definition) is 1. The standard InChI is InChI=1S/C15H23NO/c1-15(2,3)14(16-4)13-12-8-6-5-7-11(12)9-10-17-13/h5-8,13-14,16H,9-10H2,1-4H3. The van der Waals surface area contributed by atoms with Crippen LogP contribution in [0.15, 0.2) is 24.3 Å². The van der Waals surface area contributed by atoms with Crippen LogP contribution in [0.25, 0.3) is 0 Å². The second kappa shape index (κ2) is 4.79. The minimum atomic E-state index is 0.171. The van der Waals surface area contributed by atoms with Gasteiger partial charge >= 0.3 is 0 Å². The molecule has 0 saturated heterocycles. The Hall–Kier alpha value is -0.860. The van der Waals surface area contributed by atoms with E-state index in [1.165, 1.54) is 11.1 Å². The number of hydrogen-bond acceptors (Lipinski definition) is 2. The number of fused-ring (bicyclic) bond motifs is 1. The van der Waals surface area contributed by atoms with E-state index in [0.717, 1.165) is 13.0 Å². The lowest BCUT2D eigenvalue weighted by Crippen LogP contribution is -2.45. The van der Waals surface area contributed by atoms with Crippen LogP contribution < -0.4 is 5.32 Å². The summed E-state index contributed by atoms with van der Waals surface area (Å²) in [6, 6.07) is 8.99. The fourth-order valence-electron chi connectivity index (χ4n) is 2.74. The highest BCUT2D eigenvalue weighted by Gasteiger charge is 2.35. The van der Waals surface area contributed by atoms with Crippen LogP contribution in [0.1, 0.15) is 38.0 Å². The Bertz CT molecular complexity index is 381. The molecule has 94 valence electrons. The summed E-state index contributed by atoms with van der Waals surface area (Å²) in [5.74, 6) is 0. The third-order valence-corrected chi connectivity index (χ3v) is 3.58. The molecular formula is C15H23NO. The predicted molar refractivity (Wildman–Crippen MR) is 71.1 cm³/mol. The third kappa shape index (κ3) is 2.53. The summed E-state index contributed by atoms with van der Waals surface area (Å²) in [7, 11) is 2.02. The molecule has 1 aliphatic heterocycles. The molecule has 17 heavy (non-hydrogen) atoms. The van der Waals surface area contributed by atoms with Crippen molar-refractivity contribution < 1.29 is 4.74 Å². The van der Waals surface area contributed by atoms with Crippen molar-refractivity contribution in [3.05, 3.63) is 35.4 Å². The van der Waals surface area contributed by atoms with E-state index in [2.05, 4.69) is 50.4 Å². The third-order valence-electron chi connectivity index (χ3n) is 3.58. The second-order valence-electron chi connectivity index (χ2n) is 5.87. The Morgan fingerprint density at radius 2 is 2.00 bits per heavy atom. The van der Waals surface area contributed by atoms with Crippen LogP contribution in [0.5, 0.6) is 0 Å². The highest BCUT2D eigenvalue weighted by atomic mass is 16.5. The summed E-state index contributed by atoms with van der Waals surface area (Å²) in [6.45, 7) is 7.61. The minimum Gasteiger partial charge on any atom is -0.372 e. The fourth-order valence-corrected chi connectivity index (χ4v) is 2.74. The zero-order valence-electron chi connectivity index (χ0n) is 11.3. The molecule has 0 bridgehead atoms. The maximum Gasteiger partial charge on any atom is 0.0985 e. The minimum absolute atomic E-state index is 0.171. The molecule has 2 rings (SSSR count). The molecule has 2 heteroatoms. The van der Waals surface area contributed by atoms with Crippen molar-refractivity contribution in [2.75, 3.05) is 13.7 Å². The molecule has 0 aromatic heterocycles. The highest BCUT2D eigenvalue weighted by molar-refractivity contribution is 5.32. The molecule has 1 N–H and O–H groups in total. The van der Waals surface area contributed by atoms with Gasteiger partial charge in [-0.1, -0.05) is 45.0 Å². The van der Waals surface area contributed by atoms with Crippen molar-refractivity contribution in [1.29, 1.82) is 0 Å². The van der Waals surface area contributed by atoms with E-state index in [0.29, 0.717) is 6.04 Å². The first-order chi connectivity index (χ1) is 8.04. The predicted octanol–water partition coefficient (Wildman–Crippen LogP) is 2.93. The molecule has 2 unspecified atom stereocenters. The summed E-state index contributed by atoms with van der Waals surface area (Å²) in [4.78, 5) is 0. The number of benzene rings is 1. The average molecular weight is 233 g/mol. The highest BCUT2D eigenvalue weighted by Crippen LogP contribution is 2.36. The summed E-state index contributed by atoms with van der Waals surface area (Å²) >= 11 is 0. The Morgan fingerprint density at radius 1 is 1.29 bits per heavy atom. The van der Waals surface area contributed by atoms with Gasteiger partial charge in [0, 0.05) is 6.04 Å². The Morgan fingerprint density at radius 3 is 2.65 bits per heavy atom. The number of rotatable bonds is 2. The topological polar surface area (TPSA) is 21.3 Å². The molecule has 1 aromatic rings. The van der Waals surface area contributed by atoms with Crippen LogP contribution in [-0.2, 0) is 11.2 Å². The Balaban J connectivity index is 2.34. The summed E-state index contributed by atoms with van der Waals surface area (Å²) in [6.07, 6.45) is 1.21. The van der Waals surface area contributed by atoms with Gasteiger partial charge < -0.3 is 10.1 Å². The van der Waals surface area contributed by atoms with E-state index >= 15 is 0 Å². The van der Waals surface area contributed by atoms with Gasteiger partial charge in [-0.3, -0.25) is 0 Å². The summed E-state index contributed by atoms with van der Waals surface area (Å²) < 4.78 is 6.02. The van der Waals surface area contributed by atoms with E-state index in [9.17, 15) is 0 Å². The van der Waals surface area contributed by atoms with Crippen LogP contribution >= 0.6 is 0 Å². The average Bonchev–Trinajstić information content (AvgIpc) is 2.28. The normalized spacial score (nSPS) is 22.0. The number of likely N-dealkylation sites (N-methyl/N-ethyl adjacent to an activating group) is 1. The van der Waals surface area contributed by atoms with Crippen molar-refractivity contribution in [3.8, 4) is 0 Å². The molecular weight excluding hydrogens is 210 g/mol. The maximum absolute atomic E-state index is 6.02. The lowest BCUT2D eigenvalue weighted by molar-refractivity contribution is -0.0116. The molecule has 0 fully saturated rings. The zero-order valence-corrected chi connectivity index (χ0v) is 11.3. The molecule has 1 aromatic carbocycles. The largest absolute Gasteiger partial charge is 0.372 e. The Labute approximate surface area is 104 Å². The van der Waals surface area contributed by atoms with Gasteiger partial charge in [0.2, 0.25) is 0 Å². The molecule has 1 heterocycles. The molecule has 1 aliphatic rings. The van der Waals surface area contributed by atoms with Gasteiger partial charge in [0.25, 0.3) is 0 Å². The molecule has 0 radical (unpaired) electrons. The summed E-state index contributed by atoms with van der Waals surface area (Å²) in [5.41, 5.74) is 2.98. The lowest BCUT2D eigenvalue weighted by atomic mass is 9.79. The first-order valence-corrected chi connectivity index (χ1v) is 6.40. The summed E-state index contributed by atoms with van der Waals surface area (Å²) in [5, 5.41) is 3.43. The van der Waals surface area contributed by atoms with Crippen molar-refractivity contribution in [2.45, 2.75) is 39.3 Å². The SMILES string of the molecule is CNC(C1OCCc2ccccc21)C(C)(C)C. The molecule has 0 spiro atoms. The van der Waals surface area contributed by atoms with E-state index < -0.39 is 0 Å². The van der Waals surface area contributed by atoms with Crippen molar-refractivity contribution in [3.63, 3.8) is 0 Å². The van der Waals surface area contributed by atoms with Crippen LogP contribution in [0.3, 0.4) is 0 Å². The van der Waals surface area contributed by atoms with Crippen molar-refractivity contribution in [1.82, 2.24) is 5.32 Å². The van der Waals surface area contributed by atoms with Gasteiger partial charge in [0.15, 0.2) is 0 Å². The van der Waals surface area contributed by atoms with Crippen molar-refractivity contribution in [2.24, 2.45) is 5.41 Å². The van der Waals surface area contributed by atoms with E-state index in [4.69, 9.17) is 4.74 Å². The smallest absolute Gasteiger partial charge is 0.0985 e. The van der Waals surface area contributed by atoms with Gasteiger partial charge in [-0.15, -0.1) is 0 Å². The second-order valence-corrected chi connectivity index (χ2v) is 5.87. The first-order valence-electron chi connectivity index (χ1n) is 6.40.